The third-order valence-electron chi connectivity index (χ3n) is 3.50. The molecule has 0 atom stereocenters. The van der Waals surface area contributed by atoms with Crippen molar-refractivity contribution in [2.45, 2.75) is 13.5 Å². The molecule has 0 radical (unpaired) electrons. The summed E-state index contributed by atoms with van der Waals surface area (Å²) in [5.74, 6) is 1.45. The molecule has 0 aromatic heterocycles. The van der Waals surface area contributed by atoms with Crippen molar-refractivity contribution in [3.8, 4) is 11.5 Å². The van der Waals surface area contributed by atoms with Gasteiger partial charge in [0.1, 0.15) is 11.5 Å². The van der Waals surface area contributed by atoms with Gasteiger partial charge in [-0.3, -0.25) is 0 Å². The first-order valence-corrected chi connectivity index (χ1v) is 7.21. The lowest BCUT2D eigenvalue weighted by atomic mass is 10.0. The van der Waals surface area contributed by atoms with Gasteiger partial charge in [-0.1, -0.05) is 48.0 Å². The molecule has 106 valence electrons. The molecular formula is C18H16ClNO. The van der Waals surface area contributed by atoms with Crippen LogP contribution in [-0.2, 0) is 6.54 Å². The lowest BCUT2D eigenvalue weighted by molar-refractivity contribution is 0.488. The second-order valence-electron chi connectivity index (χ2n) is 5.01. The molecule has 0 heterocycles. The number of ether oxygens (including phenoxy) is 1. The van der Waals surface area contributed by atoms with Crippen molar-refractivity contribution in [2.75, 3.05) is 0 Å². The van der Waals surface area contributed by atoms with E-state index < -0.39 is 0 Å². The van der Waals surface area contributed by atoms with E-state index in [1.165, 1.54) is 0 Å². The van der Waals surface area contributed by atoms with E-state index in [-0.39, 0.29) is 0 Å². The van der Waals surface area contributed by atoms with Crippen molar-refractivity contribution in [2.24, 2.45) is 5.73 Å². The van der Waals surface area contributed by atoms with E-state index in [0.29, 0.717) is 17.3 Å². The quantitative estimate of drug-likeness (QED) is 0.734. The molecule has 0 aliphatic carbocycles. The molecular weight excluding hydrogens is 282 g/mol. The van der Waals surface area contributed by atoms with Crippen LogP contribution in [0.25, 0.3) is 10.8 Å². The number of hydrogen-bond acceptors (Lipinski definition) is 2. The monoisotopic (exact) mass is 297 g/mol. The fourth-order valence-corrected chi connectivity index (χ4v) is 2.68. The summed E-state index contributed by atoms with van der Waals surface area (Å²) in [5.41, 5.74) is 8.01. The van der Waals surface area contributed by atoms with Crippen LogP contribution in [0.2, 0.25) is 5.02 Å². The van der Waals surface area contributed by atoms with E-state index in [4.69, 9.17) is 22.1 Å². The zero-order chi connectivity index (χ0) is 14.8. The van der Waals surface area contributed by atoms with Gasteiger partial charge in [0.25, 0.3) is 0 Å². The molecule has 2 N–H and O–H groups in total. The maximum absolute atomic E-state index is 6.24. The lowest BCUT2D eigenvalue weighted by Crippen LogP contribution is -1.98. The minimum atomic E-state index is 0.506. The average Bonchev–Trinajstić information content (AvgIpc) is 2.50. The van der Waals surface area contributed by atoms with Gasteiger partial charge < -0.3 is 10.5 Å². The standard InChI is InChI=1S/C18H16ClNO/c1-12-6-8-18(16(19)10-12)21-17-9-7-13(11-20)14-4-2-3-5-15(14)17/h2-10H,11,20H2,1H3. The fraction of sp³-hybridized carbons (Fsp3) is 0.111. The number of benzene rings is 3. The summed E-state index contributed by atoms with van der Waals surface area (Å²) in [4.78, 5) is 0. The smallest absolute Gasteiger partial charge is 0.146 e. The van der Waals surface area contributed by atoms with Crippen molar-refractivity contribution < 1.29 is 4.74 Å². The number of aryl methyl sites for hydroxylation is 1. The Hall–Kier alpha value is -2.03. The molecule has 0 saturated carbocycles. The number of hydrogen-bond donors (Lipinski definition) is 1. The predicted octanol–water partition coefficient (Wildman–Crippen LogP) is 5.05. The molecule has 3 aromatic carbocycles. The molecule has 21 heavy (non-hydrogen) atoms. The van der Waals surface area contributed by atoms with Crippen molar-refractivity contribution in [1.29, 1.82) is 0 Å². The Labute approximate surface area is 129 Å². The lowest BCUT2D eigenvalue weighted by Gasteiger charge is -2.12. The van der Waals surface area contributed by atoms with E-state index in [1.54, 1.807) is 0 Å². The van der Waals surface area contributed by atoms with E-state index in [2.05, 4.69) is 6.07 Å². The Morgan fingerprint density at radius 2 is 1.67 bits per heavy atom. The summed E-state index contributed by atoms with van der Waals surface area (Å²) in [7, 11) is 0. The molecule has 3 heteroatoms. The van der Waals surface area contributed by atoms with Crippen molar-refractivity contribution in [1.82, 2.24) is 0 Å². The highest BCUT2D eigenvalue weighted by Gasteiger charge is 2.09. The van der Waals surface area contributed by atoms with Crippen molar-refractivity contribution in [3.63, 3.8) is 0 Å². The van der Waals surface area contributed by atoms with Crippen LogP contribution in [-0.4, -0.2) is 0 Å². The Kier molecular flexibility index (Phi) is 3.82. The largest absolute Gasteiger partial charge is 0.455 e. The topological polar surface area (TPSA) is 35.2 Å². The van der Waals surface area contributed by atoms with Gasteiger partial charge in [0.05, 0.1) is 5.02 Å². The summed E-state index contributed by atoms with van der Waals surface area (Å²) in [5, 5.41) is 2.76. The third kappa shape index (κ3) is 2.73. The maximum atomic E-state index is 6.24. The molecule has 3 aromatic rings. The summed E-state index contributed by atoms with van der Waals surface area (Å²) in [6.45, 7) is 2.51. The molecule has 3 rings (SSSR count). The SMILES string of the molecule is Cc1ccc(Oc2ccc(CN)c3ccccc23)c(Cl)c1. The molecule has 0 unspecified atom stereocenters. The van der Waals surface area contributed by atoms with Gasteiger partial charge in [0, 0.05) is 11.9 Å². The Morgan fingerprint density at radius 1 is 0.952 bits per heavy atom. The molecule has 0 fully saturated rings. The summed E-state index contributed by atoms with van der Waals surface area (Å²) < 4.78 is 6.00. The van der Waals surface area contributed by atoms with Crippen LogP contribution >= 0.6 is 11.6 Å². The Balaban J connectivity index is 2.09. The van der Waals surface area contributed by atoms with Crippen LogP contribution in [0.1, 0.15) is 11.1 Å². The van der Waals surface area contributed by atoms with Crippen molar-refractivity contribution >= 4 is 22.4 Å². The van der Waals surface area contributed by atoms with Gasteiger partial charge in [-0.2, -0.15) is 0 Å². The van der Waals surface area contributed by atoms with Gasteiger partial charge in [0.2, 0.25) is 0 Å². The maximum Gasteiger partial charge on any atom is 0.146 e. The highest BCUT2D eigenvalue weighted by atomic mass is 35.5. The van der Waals surface area contributed by atoms with Crippen molar-refractivity contribution in [3.05, 3.63) is 70.7 Å². The Morgan fingerprint density at radius 3 is 2.38 bits per heavy atom. The molecule has 2 nitrogen and oxygen atoms in total. The zero-order valence-corrected chi connectivity index (χ0v) is 12.5. The molecule has 0 aliphatic heterocycles. The summed E-state index contributed by atoms with van der Waals surface area (Å²) in [6, 6.07) is 17.8. The first kappa shape index (κ1) is 13.9. The van der Waals surface area contributed by atoms with Gasteiger partial charge >= 0.3 is 0 Å². The first-order valence-electron chi connectivity index (χ1n) is 6.84. The minimum absolute atomic E-state index is 0.506. The predicted molar refractivity (Wildman–Crippen MR) is 88.1 cm³/mol. The number of halogens is 1. The van der Waals surface area contributed by atoms with Gasteiger partial charge in [0.15, 0.2) is 0 Å². The Bertz CT molecular complexity index is 798. The summed E-state index contributed by atoms with van der Waals surface area (Å²) in [6.07, 6.45) is 0. The first-order chi connectivity index (χ1) is 10.2. The number of rotatable bonds is 3. The molecule has 0 aliphatic rings. The van der Waals surface area contributed by atoms with Crippen LogP contribution in [0.15, 0.2) is 54.6 Å². The average molecular weight is 298 g/mol. The van der Waals surface area contributed by atoms with Crippen LogP contribution < -0.4 is 10.5 Å². The second-order valence-corrected chi connectivity index (χ2v) is 5.42. The highest BCUT2D eigenvalue weighted by molar-refractivity contribution is 6.32. The van der Waals surface area contributed by atoms with E-state index in [9.17, 15) is 0 Å². The fourth-order valence-electron chi connectivity index (χ4n) is 2.41. The van der Waals surface area contributed by atoms with Crippen LogP contribution in [0.5, 0.6) is 11.5 Å². The third-order valence-corrected chi connectivity index (χ3v) is 3.80. The van der Waals surface area contributed by atoms with E-state index >= 15 is 0 Å². The van der Waals surface area contributed by atoms with Crippen LogP contribution in [0.4, 0.5) is 0 Å². The van der Waals surface area contributed by atoms with Crippen LogP contribution in [0.3, 0.4) is 0 Å². The van der Waals surface area contributed by atoms with Gasteiger partial charge in [-0.05, 0) is 41.6 Å². The number of nitrogens with two attached hydrogens (primary N) is 1. The van der Waals surface area contributed by atoms with Gasteiger partial charge in [-0.15, -0.1) is 0 Å². The second kappa shape index (κ2) is 5.76. The molecule has 0 saturated heterocycles. The normalized spacial score (nSPS) is 10.8. The number of fused-ring (bicyclic) bond motifs is 1. The van der Waals surface area contributed by atoms with E-state index in [0.717, 1.165) is 27.6 Å². The molecule has 0 amide bonds. The highest BCUT2D eigenvalue weighted by Crippen LogP contribution is 2.35. The molecule has 0 bridgehead atoms. The molecule has 0 spiro atoms. The van der Waals surface area contributed by atoms with Gasteiger partial charge in [-0.25, -0.2) is 0 Å². The van der Waals surface area contributed by atoms with E-state index in [1.807, 2.05) is 55.5 Å². The summed E-state index contributed by atoms with van der Waals surface area (Å²) >= 11 is 6.24. The zero-order valence-electron chi connectivity index (χ0n) is 11.8. The minimum Gasteiger partial charge on any atom is -0.455 e. The van der Waals surface area contributed by atoms with Crippen LogP contribution in [0, 0.1) is 6.92 Å².